The number of hydrogen-bond donors (Lipinski definition) is 1. The number of anilines is 1. The van der Waals surface area contributed by atoms with Gasteiger partial charge in [-0.15, -0.1) is 0 Å². The van der Waals surface area contributed by atoms with Crippen molar-refractivity contribution in [1.29, 1.82) is 0 Å². The molecule has 0 amide bonds. The summed E-state index contributed by atoms with van der Waals surface area (Å²) in [4.78, 5) is 0. The Morgan fingerprint density at radius 2 is 2.00 bits per heavy atom. The number of aromatic nitrogens is 1. The van der Waals surface area contributed by atoms with E-state index in [1.165, 1.54) is 16.9 Å². The third kappa shape index (κ3) is 1.96. The SMILES string of the molecule is c1ccc2c(NCc3ccc4c(c3)OCO4)snc2c1. The molecule has 0 unspecified atom stereocenters. The summed E-state index contributed by atoms with van der Waals surface area (Å²) in [5.74, 6) is 1.63. The Morgan fingerprint density at radius 3 is 3.00 bits per heavy atom. The van der Waals surface area contributed by atoms with Crippen LogP contribution in [-0.2, 0) is 6.54 Å². The van der Waals surface area contributed by atoms with Crippen LogP contribution in [0, 0.1) is 0 Å². The molecule has 1 aromatic heterocycles. The maximum atomic E-state index is 5.39. The summed E-state index contributed by atoms with van der Waals surface area (Å²) in [6.45, 7) is 1.05. The van der Waals surface area contributed by atoms with Gasteiger partial charge >= 0.3 is 0 Å². The molecule has 5 heteroatoms. The van der Waals surface area contributed by atoms with Gasteiger partial charge in [-0.3, -0.25) is 0 Å². The Labute approximate surface area is 120 Å². The van der Waals surface area contributed by atoms with Crippen LogP contribution in [0.4, 0.5) is 5.00 Å². The Hall–Kier alpha value is -2.27. The standard InChI is InChI=1S/C15H12N2O2S/c1-2-4-12-11(3-1)15(20-17-12)16-8-10-5-6-13-14(7-10)19-9-18-13/h1-7,16H,8-9H2. The van der Waals surface area contributed by atoms with Crippen molar-refractivity contribution in [3.8, 4) is 11.5 Å². The first kappa shape index (κ1) is 11.5. The minimum Gasteiger partial charge on any atom is -0.454 e. The lowest BCUT2D eigenvalue weighted by Gasteiger charge is -2.05. The fraction of sp³-hybridized carbons (Fsp3) is 0.133. The number of rotatable bonds is 3. The molecule has 0 saturated carbocycles. The number of hydrogen-bond acceptors (Lipinski definition) is 5. The molecule has 4 nitrogen and oxygen atoms in total. The molecule has 2 aromatic carbocycles. The molecule has 0 aliphatic carbocycles. The second-order valence-electron chi connectivity index (χ2n) is 4.57. The van der Waals surface area contributed by atoms with E-state index in [0.717, 1.165) is 34.1 Å². The predicted octanol–water partition coefficient (Wildman–Crippen LogP) is 3.64. The van der Waals surface area contributed by atoms with Gasteiger partial charge in [-0.05, 0) is 41.4 Å². The van der Waals surface area contributed by atoms with Gasteiger partial charge in [0, 0.05) is 11.9 Å². The fourth-order valence-electron chi connectivity index (χ4n) is 2.25. The number of nitrogens with one attached hydrogen (secondary N) is 1. The number of nitrogens with zero attached hydrogens (tertiary/aromatic N) is 1. The van der Waals surface area contributed by atoms with Crippen LogP contribution < -0.4 is 14.8 Å². The summed E-state index contributed by atoms with van der Waals surface area (Å²) in [6.07, 6.45) is 0. The van der Waals surface area contributed by atoms with E-state index in [9.17, 15) is 0 Å². The zero-order valence-corrected chi connectivity index (χ0v) is 11.4. The van der Waals surface area contributed by atoms with E-state index in [1.54, 1.807) is 0 Å². The molecule has 100 valence electrons. The normalized spacial score (nSPS) is 12.8. The zero-order valence-electron chi connectivity index (χ0n) is 10.6. The van der Waals surface area contributed by atoms with Gasteiger partial charge in [-0.2, -0.15) is 4.37 Å². The smallest absolute Gasteiger partial charge is 0.231 e. The summed E-state index contributed by atoms with van der Waals surface area (Å²) in [6, 6.07) is 14.1. The van der Waals surface area contributed by atoms with Crippen molar-refractivity contribution in [2.75, 3.05) is 12.1 Å². The predicted molar refractivity (Wildman–Crippen MR) is 79.5 cm³/mol. The molecule has 0 bridgehead atoms. The van der Waals surface area contributed by atoms with E-state index in [2.05, 4.69) is 15.8 Å². The monoisotopic (exact) mass is 284 g/mol. The third-order valence-corrected chi connectivity index (χ3v) is 4.11. The molecule has 2 heterocycles. The maximum Gasteiger partial charge on any atom is 0.231 e. The molecule has 0 radical (unpaired) electrons. The molecule has 4 rings (SSSR count). The van der Waals surface area contributed by atoms with Gasteiger partial charge in [-0.1, -0.05) is 18.2 Å². The summed E-state index contributed by atoms with van der Waals surface area (Å²) < 4.78 is 15.1. The first-order chi connectivity index (χ1) is 9.90. The number of ether oxygens (including phenoxy) is 2. The molecule has 1 N–H and O–H groups in total. The summed E-state index contributed by atoms with van der Waals surface area (Å²) in [7, 11) is 0. The molecule has 0 fully saturated rings. The average Bonchev–Trinajstić information content (AvgIpc) is 3.11. The molecule has 3 aromatic rings. The van der Waals surface area contributed by atoms with Crippen LogP contribution >= 0.6 is 11.5 Å². The highest BCUT2D eigenvalue weighted by Gasteiger charge is 2.13. The quantitative estimate of drug-likeness (QED) is 0.797. The first-order valence-electron chi connectivity index (χ1n) is 6.37. The highest BCUT2D eigenvalue weighted by molar-refractivity contribution is 7.11. The minimum atomic E-state index is 0.311. The van der Waals surface area contributed by atoms with Crippen LogP contribution in [0.15, 0.2) is 42.5 Å². The Kier molecular flexibility index (Phi) is 2.70. The van der Waals surface area contributed by atoms with Crippen molar-refractivity contribution in [2.24, 2.45) is 0 Å². The largest absolute Gasteiger partial charge is 0.454 e. The molecular weight excluding hydrogens is 272 g/mol. The molecular formula is C15H12N2O2S. The molecule has 0 saturated heterocycles. The Balaban J connectivity index is 1.55. The summed E-state index contributed by atoms with van der Waals surface area (Å²) >= 11 is 1.49. The van der Waals surface area contributed by atoms with Crippen molar-refractivity contribution in [2.45, 2.75) is 6.54 Å². The molecule has 1 aliphatic heterocycles. The van der Waals surface area contributed by atoms with Gasteiger partial charge in [-0.25, -0.2) is 0 Å². The molecule has 0 atom stereocenters. The fourth-order valence-corrected chi connectivity index (χ4v) is 3.01. The molecule has 1 aliphatic rings. The summed E-state index contributed by atoms with van der Waals surface area (Å²) in [5, 5.41) is 5.70. The van der Waals surface area contributed by atoms with Crippen molar-refractivity contribution in [3.05, 3.63) is 48.0 Å². The van der Waals surface area contributed by atoms with E-state index in [-0.39, 0.29) is 0 Å². The second kappa shape index (κ2) is 4.68. The Bertz CT molecular complexity index is 769. The lowest BCUT2D eigenvalue weighted by atomic mass is 10.2. The maximum absolute atomic E-state index is 5.39. The van der Waals surface area contributed by atoms with E-state index in [0.29, 0.717) is 6.79 Å². The van der Waals surface area contributed by atoms with Gasteiger partial charge in [0.1, 0.15) is 5.00 Å². The topological polar surface area (TPSA) is 43.4 Å². The number of fused-ring (bicyclic) bond motifs is 2. The van der Waals surface area contributed by atoms with Gasteiger partial charge in [0.25, 0.3) is 0 Å². The van der Waals surface area contributed by atoms with Crippen LogP contribution in [0.5, 0.6) is 11.5 Å². The zero-order chi connectivity index (χ0) is 13.4. The third-order valence-electron chi connectivity index (χ3n) is 3.27. The van der Waals surface area contributed by atoms with E-state index >= 15 is 0 Å². The first-order valence-corrected chi connectivity index (χ1v) is 7.14. The minimum absolute atomic E-state index is 0.311. The van der Waals surface area contributed by atoms with Crippen LogP contribution in [-0.4, -0.2) is 11.2 Å². The van der Waals surface area contributed by atoms with Crippen LogP contribution in [0.1, 0.15) is 5.56 Å². The van der Waals surface area contributed by atoms with Crippen molar-refractivity contribution < 1.29 is 9.47 Å². The van der Waals surface area contributed by atoms with Gasteiger partial charge in [0.05, 0.1) is 5.52 Å². The average molecular weight is 284 g/mol. The van der Waals surface area contributed by atoms with Crippen molar-refractivity contribution in [3.63, 3.8) is 0 Å². The lowest BCUT2D eigenvalue weighted by Crippen LogP contribution is -1.97. The van der Waals surface area contributed by atoms with E-state index in [4.69, 9.17) is 9.47 Å². The van der Waals surface area contributed by atoms with Gasteiger partial charge < -0.3 is 14.8 Å². The van der Waals surface area contributed by atoms with Gasteiger partial charge in [0.2, 0.25) is 6.79 Å². The second-order valence-corrected chi connectivity index (χ2v) is 5.34. The van der Waals surface area contributed by atoms with Crippen LogP contribution in [0.25, 0.3) is 10.9 Å². The van der Waals surface area contributed by atoms with Crippen molar-refractivity contribution >= 4 is 27.4 Å². The summed E-state index contributed by atoms with van der Waals surface area (Å²) in [5.41, 5.74) is 2.19. The van der Waals surface area contributed by atoms with Crippen LogP contribution in [0.2, 0.25) is 0 Å². The number of benzene rings is 2. The van der Waals surface area contributed by atoms with E-state index < -0.39 is 0 Å². The molecule has 20 heavy (non-hydrogen) atoms. The molecule has 0 spiro atoms. The Morgan fingerprint density at radius 1 is 1.10 bits per heavy atom. The van der Waals surface area contributed by atoms with Crippen molar-refractivity contribution in [1.82, 2.24) is 4.37 Å². The van der Waals surface area contributed by atoms with Gasteiger partial charge in [0.15, 0.2) is 11.5 Å². The van der Waals surface area contributed by atoms with Crippen LogP contribution in [0.3, 0.4) is 0 Å². The highest BCUT2D eigenvalue weighted by atomic mass is 32.1. The van der Waals surface area contributed by atoms with E-state index in [1.807, 2.05) is 36.4 Å². The highest BCUT2D eigenvalue weighted by Crippen LogP contribution is 2.33. The lowest BCUT2D eigenvalue weighted by molar-refractivity contribution is 0.174.